The van der Waals surface area contributed by atoms with Crippen molar-refractivity contribution < 1.29 is 14.3 Å². The number of amides is 2. The van der Waals surface area contributed by atoms with E-state index in [0.717, 1.165) is 0 Å². The molecule has 0 aliphatic rings. The van der Waals surface area contributed by atoms with Crippen molar-refractivity contribution in [2.45, 2.75) is 11.3 Å². The third kappa shape index (κ3) is 4.43. The van der Waals surface area contributed by atoms with E-state index in [-0.39, 0.29) is 5.75 Å². The van der Waals surface area contributed by atoms with Crippen molar-refractivity contribution in [2.24, 2.45) is 0 Å². The largest absolute Gasteiger partial charge is 0.412 e. The van der Waals surface area contributed by atoms with Crippen LogP contribution in [0.1, 0.15) is 6.92 Å². The van der Waals surface area contributed by atoms with Crippen LogP contribution in [0.15, 0.2) is 24.3 Å². The minimum absolute atomic E-state index is 0.290. The second-order valence-electron chi connectivity index (χ2n) is 3.51. The van der Waals surface area contributed by atoms with Gasteiger partial charge in [0.1, 0.15) is 5.75 Å². The van der Waals surface area contributed by atoms with Crippen molar-refractivity contribution in [3.05, 3.63) is 24.3 Å². The fourth-order valence-corrected chi connectivity index (χ4v) is 1.13. The number of carbonyl (C=O) groups excluding carboxylic acids is 2. The van der Waals surface area contributed by atoms with Crippen LogP contribution in [0.4, 0.5) is 10.5 Å². The minimum Gasteiger partial charge on any atom is -0.410 e. The Bertz CT molecular complexity index is 458. The topological polar surface area (TPSA) is 67.4 Å². The van der Waals surface area contributed by atoms with Gasteiger partial charge in [0, 0.05) is 18.8 Å². The summed E-state index contributed by atoms with van der Waals surface area (Å²) in [5.41, 5.74) is 0.425. The number of anilines is 1. The minimum atomic E-state index is -1.53. The van der Waals surface area contributed by atoms with Crippen LogP contribution in [0.2, 0.25) is 0 Å². The molecule has 0 aliphatic carbocycles. The number of ether oxygens (including phenoxy) is 1. The Balaban J connectivity index is 2.77. The molecule has 2 amide bonds. The SMILES string of the molecule is CNC(=O)Oc1cccc(NC(=O)C(C)(Cl)Cl)c1. The zero-order valence-corrected chi connectivity index (χ0v) is 11.3. The summed E-state index contributed by atoms with van der Waals surface area (Å²) < 4.78 is 3.37. The van der Waals surface area contributed by atoms with Crippen LogP contribution in [-0.2, 0) is 4.79 Å². The Hall–Kier alpha value is -1.46. The molecule has 0 saturated carbocycles. The molecule has 0 radical (unpaired) electrons. The lowest BCUT2D eigenvalue weighted by atomic mass is 10.3. The third-order valence-corrected chi connectivity index (χ3v) is 2.25. The van der Waals surface area contributed by atoms with E-state index < -0.39 is 16.3 Å². The molecule has 1 aromatic carbocycles. The highest BCUT2D eigenvalue weighted by Gasteiger charge is 2.27. The first-order chi connectivity index (χ1) is 8.32. The number of alkyl halides is 2. The highest BCUT2D eigenvalue weighted by atomic mass is 35.5. The van der Waals surface area contributed by atoms with Crippen LogP contribution in [0.3, 0.4) is 0 Å². The number of hydrogen-bond donors (Lipinski definition) is 2. The van der Waals surface area contributed by atoms with Crippen molar-refractivity contribution in [3.8, 4) is 5.75 Å². The van der Waals surface area contributed by atoms with Gasteiger partial charge >= 0.3 is 6.09 Å². The van der Waals surface area contributed by atoms with Gasteiger partial charge in [-0.25, -0.2) is 4.79 Å². The number of hydrogen-bond acceptors (Lipinski definition) is 3. The number of benzene rings is 1. The Labute approximate surface area is 114 Å². The van der Waals surface area contributed by atoms with Gasteiger partial charge in [0.25, 0.3) is 5.91 Å². The molecule has 98 valence electrons. The van der Waals surface area contributed by atoms with Gasteiger partial charge in [0.05, 0.1) is 0 Å². The lowest BCUT2D eigenvalue weighted by Crippen LogP contribution is -2.29. The highest BCUT2D eigenvalue weighted by Crippen LogP contribution is 2.23. The maximum Gasteiger partial charge on any atom is 0.412 e. The van der Waals surface area contributed by atoms with E-state index in [9.17, 15) is 9.59 Å². The summed E-state index contributed by atoms with van der Waals surface area (Å²) in [6, 6.07) is 6.29. The summed E-state index contributed by atoms with van der Waals surface area (Å²) in [4.78, 5) is 22.5. The van der Waals surface area contributed by atoms with Gasteiger partial charge in [0.2, 0.25) is 0 Å². The van der Waals surface area contributed by atoms with Crippen LogP contribution in [0.5, 0.6) is 5.75 Å². The Morgan fingerprint density at radius 2 is 2.00 bits per heavy atom. The van der Waals surface area contributed by atoms with Gasteiger partial charge < -0.3 is 15.4 Å². The molecule has 2 N–H and O–H groups in total. The molecule has 5 nitrogen and oxygen atoms in total. The number of carbonyl (C=O) groups is 2. The van der Waals surface area contributed by atoms with Crippen molar-refractivity contribution in [2.75, 3.05) is 12.4 Å². The van der Waals surface area contributed by atoms with Crippen LogP contribution in [0.25, 0.3) is 0 Å². The van der Waals surface area contributed by atoms with E-state index in [4.69, 9.17) is 27.9 Å². The fourth-order valence-electron chi connectivity index (χ4n) is 1.04. The lowest BCUT2D eigenvalue weighted by Gasteiger charge is -2.13. The van der Waals surface area contributed by atoms with Gasteiger partial charge in [-0.15, -0.1) is 0 Å². The van der Waals surface area contributed by atoms with E-state index in [2.05, 4.69) is 10.6 Å². The van der Waals surface area contributed by atoms with Crippen molar-refractivity contribution in [1.82, 2.24) is 5.32 Å². The van der Waals surface area contributed by atoms with Crippen molar-refractivity contribution in [1.29, 1.82) is 0 Å². The molecule has 0 heterocycles. The second-order valence-corrected chi connectivity index (χ2v) is 5.22. The first kappa shape index (κ1) is 14.6. The molecule has 7 heteroatoms. The third-order valence-electron chi connectivity index (χ3n) is 1.91. The maximum absolute atomic E-state index is 11.5. The first-order valence-electron chi connectivity index (χ1n) is 5.02. The quantitative estimate of drug-likeness (QED) is 0.841. The number of nitrogens with one attached hydrogen (secondary N) is 2. The summed E-state index contributed by atoms with van der Waals surface area (Å²) in [6.45, 7) is 1.36. The van der Waals surface area contributed by atoms with E-state index in [1.54, 1.807) is 18.2 Å². The fraction of sp³-hybridized carbons (Fsp3) is 0.273. The van der Waals surface area contributed by atoms with Gasteiger partial charge in [-0.2, -0.15) is 0 Å². The zero-order chi connectivity index (χ0) is 13.8. The molecule has 0 bridgehead atoms. The highest BCUT2D eigenvalue weighted by molar-refractivity contribution is 6.58. The summed E-state index contributed by atoms with van der Waals surface area (Å²) >= 11 is 11.3. The zero-order valence-electron chi connectivity index (χ0n) is 9.79. The molecule has 0 aliphatic heterocycles. The molecule has 0 saturated heterocycles. The van der Waals surface area contributed by atoms with E-state index in [1.807, 2.05) is 0 Å². The van der Waals surface area contributed by atoms with Gasteiger partial charge in [0.15, 0.2) is 4.33 Å². The predicted molar refractivity (Wildman–Crippen MR) is 70.3 cm³/mol. The summed E-state index contributed by atoms with van der Waals surface area (Å²) in [6.07, 6.45) is -0.599. The molecule has 0 spiro atoms. The maximum atomic E-state index is 11.5. The molecular weight excluding hydrogens is 279 g/mol. The van der Waals surface area contributed by atoms with E-state index in [1.165, 1.54) is 20.0 Å². The molecule has 0 fully saturated rings. The number of rotatable bonds is 3. The summed E-state index contributed by atoms with van der Waals surface area (Å²) in [5.74, 6) is -0.277. The van der Waals surface area contributed by atoms with Gasteiger partial charge in [-0.1, -0.05) is 29.3 Å². The standard InChI is InChI=1S/C11H12Cl2N2O3/c1-11(12,13)9(16)15-7-4-3-5-8(6-7)18-10(17)14-2/h3-6H,1-2H3,(H,14,17)(H,15,16). The normalized spacial score (nSPS) is 10.7. The van der Waals surface area contributed by atoms with Gasteiger partial charge in [-0.05, 0) is 19.1 Å². The molecule has 0 atom stereocenters. The summed E-state index contributed by atoms with van der Waals surface area (Å²) in [5, 5.41) is 4.81. The monoisotopic (exact) mass is 290 g/mol. The summed E-state index contributed by atoms with van der Waals surface area (Å²) in [7, 11) is 1.44. The van der Waals surface area contributed by atoms with Crippen LogP contribution in [0, 0.1) is 0 Å². The van der Waals surface area contributed by atoms with Crippen LogP contribution in [-0.4, -0.2) is 23.4 Å². The molecule has 1 aromatic rings. The smallest absolute Gasteiger partial charge is 0.410 e. The Morgan fingerprint density at radius 3 is 2.56 bits per heavy atom. The molecule has 0 unspecified atom stereocenters. The van der Waals surface area contributed by atoms with Gasteiger partial charge in [-0.3, -0.25) is 4.79 Å². The van der Waals surface area contributed by atoms with Crippen LogP contribution >= 0.6 is 23.2 Å². The predicted octanol–water partition coefficient (Wildman–Crippen LogP) is 2.54. The van der Waals surface area contributed by atoms with Crippen LogP contribution < -0.4 is 15.4 Å². The van der Waals surface area contributed by atoms with E-state index in [0.29, 0.717) is 5.69 Å². The molecule has 1 rings (SSSR count). The molecule has 18 heavy (non-hydrogen) atoms. The molecule has 0 aromatic heterocycles. The lowest BCUT2D eigenvalue weighted by molar-refractivity contribution is -0.116. The number of halogens is 2. The average Bonchev–Trinajstić information content (AvgIpc) is 2.28. The first-order valence-corrected chi connectivity index (χ1v) is 5.77. The Kier molecular flexibility index (Phi) is 4.81. The second kappa shape index (κ2) is 5.93. The van der Waals surface area contributed by atoms with Crippen molar-refractivity contribution >= 4 is 40.9 Å². The van der Waals surface area contributed by atoms with Crippen molar-refractivity contribution in [3.63, 3.8) is 0 Å². The average molecular weight is 291 g/mol. The van der Waals surface area contributed by atoms with E-state index >= 15 is 0 Å². The molecular formula is C11H12Cl2N2O3. The Morgan fingerprint density at radius 1 is 1.33 bits per heavy atom.